The molecule has 2 aromatic carbocycles. The minimum absolute atomic E-state index is 0.234. The molecule has 2 amide bonds. The van der Waals surface area contributed by atoms with Crippen LogP contribution in [0.15, 0.2) is 54.6 Å². The highest BCUT2D eigenvalue weighted by molar-refractivity contribution is 6.21. The van der Waals surface area contributed by atoms with Crippen molar-refractivity contribution in [2.75, 3.05) is 6.54 Å². The lowest BCUT2D eigenvalue weighted by molar-refractivity contribution is -0.137. The Kier molecular flexibility index (Phi) is 6.98. The molecular formula is C25H26F3NO2. The Hall–Kier alpha value is -2.89. The van der Waals surface area contributed by atoms with Crippen molar-refractivity contribution in [3.05, 3.63) is 76.9 Å². The molecular weight excluding hydrogens is 403 g/mol. The van der Waals surface area contributed by atoms with Gasteiger partial charge < -0.3 is 0 Å². The average molecular weight is 429 g/mol. The number of carbonyl (C=O) groups is 2. The summed E-state index contributed by atoms with van der Waals surface area (Å²) in [5.41, 5.74) is 2.15. The van der Waals surface area contributed by atoms with Crippen LogP contribution < -0.4 is 0 Å². The fourth-order valence-electron chi connectivity index (χ4n) is 4.04. The molecule has 0 radical (unpaired) electrons. The van der Waals surface area contributed by atoms with Gasteiger partial charge in [0.1, 0.15) is 0 Å². The van der Waals surface area contributed by atoms with Crippen LogP contribution in [0.4, 0.5) is 13.2 Å². The number of fused-ring (bicyclic) bond motifs is 1. The number of allylic oxidation sites excluding steroid dienone is 2. The van der Waals surface area contributed by atoms with E-state index >= 15 is 0 Å². The average Bonchev–Trinajstić information content (AvgIpc) is 3.03. The van der Waals surface area contributed by atoms with E-state index in [1.807, 2.05) is 13.8 Å². The zero-order valence-corrected chi connectivity index (χ0v) is 17.7. The van der Waals surface area contributed by atoms with Crippen molar-refractivity contribution in [1.82, 2.24) is 4.90 Å². The van der Waals surface area contributed by atoms with Crippen LogP contribution in [0.2, 0.25) is 0 Å². The zero-order valence-electron chi connectivity index (χ0n) is 17.7. The normalized spacial score (nSPS) is 18.3. The van der Waals surface area contributed by atoms with Gasteiger partial charge in [0.15, 0.2) is 0 Å². The summed E-state index contributed by atoms with van der Waals surface area (Å²) in [5, 5.41) is 0. The molecule has 2 aliphatic rings. The fraction of sp³-hybridized carbons (Fsp3) is 0.360. The molecule has 6 heteroatoms. The number of halogens is 3. The Labute approximate surface area is 180 Å². The number of rotatable bonds is 4. The van der Waals surface area contributed by atoms with E-state index in [1.54, 1.807) is 24.3 Å². The molecule has 1 atom stereocenters. The highest BCUT2D eigenvalue weighted by Crippen LogP contribution is 2.35. The van der Waals surface area contributed by atoms with Gasteiger partial charge in [-0.15, -0.1) is 0 Å². The SMILES string of the molecule is CC.O=C1c2ccccc2C(=O)N1CCC1CC=C(c2ccc(C(F)(F)F)cc2)CC1. The molecule has 0 N–H and O–H groups in total. The topological polar surface area (TPSA) is 37.4 Å². The van der Waals surface area contributed by atoms with E-state index in [0.717, 1.165) is 49.0 Å². The second-order valence-electron chi connectivity index (χ2n) is 7.54. The second kappa shape index (κ2) is 9.50. The van der Waals surface area contributed by atoms with Crippen molar-refractivity contribution < 1.29 is 22.8 Å². The van der Waals surface area contributed by atoms with Gasteiger partial charge in [0.05, 0.1) is 16.7 Å². The van der Waals surface area contributed by atoms with Crippen LogP contribution in [0, 0.1) is 5.92 Å². The first-order valence-corrected chi connectivity index (χ1v) is 10.7. The largest absolute Gasteiger partial charge is 0.416 e. The third-order valence-electron chi connectivity index (χ3n) is 5.74. The number of benzene rings is 2. The lowest BCUT2D eigenvalue weighted by atomic mass is 9.84. The lowest BCUT2D eigenvalue weighted by Gasteiger charge is -2.24. The van der Waals surface area contributed by atoms with E-state index in [9.17, 15) is 22.8 Å². The van der Waals surface area contributed by atoms with Crippen LogP contribution in [0.5, 0.6) is 0 Å². The Bertz CT molecular complexity index is 942. The first kappa shape index (κ1) is 22.8. The minimum Gasteiger partial charge on any atom is -0.274 e. The number of amides is 2. The minimum atomic E-state index is -4.32. The Morgan fingerprint density at radius 1 is 0.935 bits per heavy atom. The number of hydrogen-bond acceptors (Lipinski definition) is 2. The summed E-state index contributed by atoms with van der Waals surface area (Å²) in [6.45, 7) is 4.39. The Balaban J connectivity index is 0.00000132. The molecule has 0 spiro atoms. The van der Waals surface area contributed by atoms with Crippen molar-refractivity contribution in [1.29, 1.82) is 0 Å². The predicted octanol–water partition coefficient (Wildman–Crippen LogP) is 6.60. The molecule has 0 fully saturated rings. The Morgan fingerprint density at radius 3 is 2.00 bits per heavy atom. The highest BCUT2D eigenvalue weighted by atomic mass is 19.4. The summed E-state index contributed by atoms with van der Waals surface area (Å²) in [4.78, 5) is 26.2. The number of hydrogen-bond donors (Lipinski definition) is 0. The lowest BCUT2D eigenvalue weighted by Crippen LogP contribution is -2.32. The summed E-state index contributed by atoms with van der Waals surface area (Å²) in [6, 6.07) is 12.1. The highest BCUT2D eigenvalue weighted by Gasteiger charge is 2.35. The number of imide groups is 1. The smallest absolute Gasteiger partial charge is 0.274 e. The van der Waals surface area contributed by atoms with Crippen molar-refractivity contribution in [3.8, 4) is 0 Å². The molecule has 1 heterocycles. The van der Waals surface area contributed by atoms with Crippen molar-refractivity contribution in [2.24, 2.45) is 5.92 Å². The quantitative estimate of drug-likeness (QED) is 0.514. The molecule has 2 aromatic rings. The number of alkyl halides is 3. The molecule has 0 aromatic heterocycles. The second-order valence-corrected chi connectivity index (χ2v) is 7.54. The monoisotopic (exact) mass is 429 g/mol. The fourth-order valence-corrected chi connectivity index (χ4v) is 4.04. The van der Waals surface area contributed by atoms with Crippen LogP contribution in [0.25, 0.3) is 5.57 Å². The molecule has 0 bridgehead atoms. The molecule has 0 saturated carbocycles. The summed E-state index contributed by atoms with van der Waals surface area (Å²) in [7, 11) is 0. The molecule has 1 aliphatic carbocycles. The van der Waals surface area contributed by atoms with E-state index in [2.05, 4.69) is 6.08 Å². The first-order chi connectivity index (χ1) is 14.8. The standard InChI is InChI=1S/C23H20F3NO2.C2H6/c24-23(25,26)18-11-9-17(10-12-18)16-7-5-15(6-8-16)13-14-27-21(28)19-3-1-2-4-20(19)22(27)29;1-2/h1-4,7,9-12,15H,5-6,8,13-14H2;1-2H3. The third kappa shape index (κ3) is 4.89. The van der Waals surface area contributed by atoms with Gasteiger partial charge in [-0.1, -0.05) is 44.2 Å². The van der Waals surface area contributed by atoms with Crippen molar-refractivity contribution in [3.63, 3.8) is 0 Å². The maximum absolute atomic E-state index is 12.7. The summed E-state index contributed by atoms with van der Waals surface area (Å²) >= 11 is 0. The molecule has 4 rings (SSSR count). The third-order valence-corrected chi connectivity index (χ3v) is 5.74. The number of nitrogens with zero attached hydrogens (tertiary/aromatic N) is 1. The van der Waals surface area contributed by atoms with Gasteiger partial charge in [-0.05, 0) is 67.0 Å². The van der Waals surface area contributed by atoms with E-state index in [0.29, 0.717) is 23.6 Å². The molecule has 0 saturated heterocycles. The van der Waals surface area contributed by atoms with Crippen LogP contribution in [0.3, 0.4) is 0 Å². The van der Waals surface area contributed by atoms with E-state index in [1.165, 1.54) is 17.0 Å². The Morgan fingerprint density at radius 2 is 1.52 bits per heavy atom. The molecule has 1 aliphatic heterocycles. The van der Waals surface area contributed by atoms with Gasteiger partial charge in [-0.3, -0.25) is 14.5 Å². The van der Waals surface area contributed by atoms with Gasteiger partial charge in [-0.2, -0.15) is 13.2 Å². The molecule has 164 valence electrons. The molecule has 31 heavy (non-hydrogen) atoms. The molecule has 1 unspecified atom stereocenters. The van der Waals surface area contributed by atoms with E-state index < -0.39 is 11.7 Å². The molecule has 3 nitrogen and oxygen atoms in total. The van der Waals surface area contributed by atoms with Crippen LogP contribution in [0.1, 0.15) is 71.4 Å². The van der Waals surface area contributed by atoms with E-state index in [-0.39, 0.29) is 11.8 Å². The van der Waals surface area contributed by atoms with Gasteiger partial charge in [0.25, 0.3) is 11.8 Å². The van der Waals surface area contributed by atoms with Crippen LogP contribution in [-0.2, 0) is 6.18 Å². The summed E-state index contributed by atoms with van der Waals surface area (Å²) < 4.78 is 38.1. The van der Waals surface area contributed by atoms with Gasteiger partial charge in [-0.25, -0.2) is 0 Å². The maximum atomic E-state index is 12.7. The van der Waals surface area contributed by atoms with Gasteiger partial charge in [0.2, 0.25) is 0 Å². The summed E-state index contributed by atoms with van der Waals surface area (Å²) in [6.07, 6.45) is 0.920. The van der Waals surface area contributed by atoms with Crippen LogP contribution >= 0.6 is 0 Å². The van der Waals surface area contributed by atoms with Gasteiger partial charge in [0, 0.05) is 6.54 Å². The van der Waals surface area contributed by atoms with Crippen molar-refractivity contribution in [2.45, 2.75) is 45.7 Å². The van der Waals surface area contributed by atoms with Crippen molar-refractivity contribution >= 4 is 17.4 Å². The van der Waals surface area contributed by atoms with Crippen LogP contribution in [-0.4, -0.2) is 23.3 Å². The number of carbonyl (C=O) groups excluding carboxylic acids is 2. The predicted molar refractivity (Wildman–Crippen MR) is 115 cm³/mol. The summed E-state index contributed by atoms with van der Waals surface area (Å²) in [5.74, 6) is -0.123. The van der Waals surface area contributed by atoms with Gasteiger partial charge >= 0.3 is 6.18 Å². The van der Waals surface area contributed by atoms with E-state index in [4.69, 9.17) is 0 Å². The zero-order chi connectivity index (χ0) is 22.6. The first-order valence-electron chi connectivity index (χ1n) is 10.7. The maximum Gasteiger partial charge on any atom is 0.416 e.